The van der Waals surface area contributed by atoms with Gasteiger partial charge in [0.25, 0.3) is 0 Å². The van der Waals surface area contributed by atoms with Gasteiger partial charge in [-0.05, 0) is 110 Å². The van der Waals surface area contributed by atoms with Crippen molar-refractivity contribution in [2.45, 2.75) is 121 Å². The van der Waals surface area contributed by atoms with Crippen LogP contribution in [0, 0.1) is 34.0 Å². The van der Waals surface area contributed by atoms with E-state index in [2.05, 4.69) is 62.4 Å². The fraction of sp³-hybridized carbons (Fsp3) is 0.600. The summed E-state index contributed by atoms with van der Waals surface area (Å²) in [7, 11) is 0. The Morgan fingerprint density at radius 3 is 1.97 bits per heavy atom. The summed E-state index contributed by atoms with van der Waals surface area (Å²) in [6, 6.07) is 18.2. The van der Waals surface area contributed by atoms with Gasteiger partial charge in [-0.2, -0.15) is 10.5 Å². The molecule has 0 atom stereocenters. The van der Waals surface area contributed by atoms with Crippen LogP contribution in [0.5, 0.6) is 0 Å². The van der Waals surface area contributed by atoms with Crippen LogP contribution < -0.4 is 0 Å². The zero-order valence-electron chi connectivity index (χ0n) is 23.1. The Hall–Kier alpha value is -2.58. The first-order valence-electron chi connectivity index (χ1n) is 15.1. The van der Waals surface area contributed by atoms with E-state index in [1.807, 2.05) is 0 Å². The van der Waals surface area contributed by atoms with Crippen LogP contribution in [0.2, 0.25) is 0 Å². The first-order valence-corrected chi connectivity index (χ1v) is 15.1. The van der Waals surface area contributed by atoms with Crippen LogP contribution >= 0.6 is 0 Å². The third-order valence-electron chi connectivity index (χ3n) is 10.7. The summed E-state index contributed by atoms with van der Waals surface area (Å²) in [6.07, 6.45) is 19.6. The van der Waals surface area contributed by atoms with Gasteiger partial charge in [-0.1, -0.05) is 75.9 Å². The van der Waals surface area contributed by atoms with Gasteiger partial charge in [-0.25, -0.2) is 0 Å². The highest BCUT2D eigenvalue weighted by Gasteiger charge is 2.48. The fourth-order valence-corrected chi connectivity index (χ4v) is 8.30. The number of benzene rings is 2. The van der Waals surface area contributed by atoms with E-state index in [4.69, 9.17) is 0 Å². The molecule has 4 fully saturated rings. The Morgan fingerprint density at radius 1 is 0.757 bits per heavy atom. The molecule has 0 aliphatic heterocycles. The van der Waals surface area contributed by atoms with Crippen molar-refractivity contribution in [2.24, 2.45) is 11.3 Å². The third kappa shape index (κ3) is 4.98. The Labute approximate surface area is 225 Å². The van der Waals surface area contributed by atoms with Crippen molar-refractivity contribution in [1.29, 1.82) is 10.5 Å². The van der Waals surface area contributed by atoms with Gasteiger partial charge in [-0.3, -0.25) is 0 Å². The van der Waals surface area contributed by atoms with Crippen molar-refractivity contribution in [3.8, 4) is 23.3 Å². The quantitative estimate of drug-likeness (QED) is 0.368. The van der Waals surface area contributed by atoms with E-state index in [-0.39, 0.29) is 0 Å². The van der Waals surface area contributed by atoms with E-state index in [9.17, 15) is 10.5 Å². The minimum absolute atomic E-state index is 0.351. The van der Waals surface area contributed by atoms with E-state index in [0.717, 1.165) is 35.4 Å². The molecule has 0 spiro atoms. The number of nitrogens with zero attached hydrogens (tertiary/aromatic N) is 2. The number of rotatable bonds is 8. The lowest BCUT2D eigenvalue weighted by molar-refractivity contribution is 0.0320. The summed E-state index contributed by atoms with van der Waals surface area (Å²) in [6.45, 7) is 4.61. The van der Waals surface area contributed by atoms with Gasteiger partial charge in [0.2, 0.25) is 0 Å². The Balaban J connectivity index is 1.36. The maximum Gasteiger partial charge on any atom is 0.101 e. The molecule has 0 saturated heterocycles. The summed E-state index contributed by atoms with van der Waals surface area (Å²) in [5.74, 6) is 1.25. The molecule has 2 aromatic carbocycles. The van der Waals surface area contributed by atoms with E-state index in [1.54, 1.807) is 0 Å². The number of unbranched alkanes of at least 4 members (excludes halogenated alkanes) is 1. The highest BCUT2D eigenvalue weighted by atomic mass is 14.5. The molecule has 0 N–H and O–H groups in total. The van der Waals surface area contributed by atoms with Crippen LogP contribution in [0.1, 0.15) is 138 Å². The van der Waals surface area contributed by atoms with E-state index < -0.39 is 0 Å². The molecule has 2 aromatic rings. The Morgan fingerprint density at radius 2 is 1.41 bits per heavy atom. The number of fused-ring (bicyclic) bond motifs is 3. The van der Waals surface area contributed by atoms with E-state index in [0.29, 0.717) is 27.9 Å². The van der Waals surface area contributed by atoms with Crippen LogP contribution in [0.15, 0.2) is 36.4 Å². The SMILES string of the molecule is CCCC[C@H]1CC[C@H](c2ccc(-c3ccc(C45CCC(CCC)(CC4)CC5)cc3)c(C#N)c2C#N)CC1. The highest BCUT2D eigenvalue weighted by molar-refractivity contribution is 5.75. The smallest absolute Gasteiger partial charge is 0.101 e. The third-order valence-corrected chi connectivity index (χ3v) is 10.7. The summed E-state index contributed by atoms with van der Waals surface area (Å²) in [5, 5.41) is 20.3. The van der Waals surface area contributed by atoms with Crippen molar-refractivity contribution in [2.75, 3.05) is 0 Å². The monoisotopic (exact) mass is 492 g/mol. The molecular formula is C35H44N2. The normalized spacial score (nSPS) is 29.0. The molecule has 2 bridgehead atoms. The van der Waals surface area contributed by atoms with Crippen molar-refractivity contribution in [3.05, 3.63) is 58.7 Å². The molecule has 2 nitrogen and oxygen atoms in total. The molecule has 4 aliphatic rings. The maximum atomic E-state index is 10.2. The summed E-state index contributed by atoms with van der Waals surface area (Å²) < 4.78 is 0. The van der Waals surface area contributed by atoms with Crippen molar-refractivity contribution in [1.82, 2.24) is 0 Å². The molecule has 194 valence electrons. The summed E-state index contributed by atoms with van der Waals surface area (Å²) in [5.41, 5.74) is 6.73. The van der Waals surface area contributed by atoms with Crippen molar-refractivity contribution in [3.63, 3.8) is 0 Å². The lowest BCUT2D eigenvalue weighted by atomic mass is 9.51. The predicted molar refractivity (Wildman–Crippen MR) is 152 cm³/mol. The van der Waals surface area contributed by atoms with E-state index >= 15 is 0 Å². The molecule has 37 heavy (non-hydrogen) atoms. The molecule has 6 rings (SSSR count). The molecule has 0 amide bonds. The van der Waals surface area contributed by atoms with Crippen LogP contribution in [0.25, 0.3) is 11.1 Å². The molecular weight excluding hydrogens is 448 g/mol. The van der Waals surface area contributed by atoms with Crippen LogP contribution in [0.4, 0.5) is 0 Å². The lowest BCUT2D eigenvalue weighted by Gasteiger charge is -2.54. The van der Waals surface area contributed by atoms with Gasteiger partial charge in [-0.15, -0.1) is 0 Å². The average Bonchev–Trinajstić information content (AvgIpc) is 2.96. The zero-order valence-corrected chi connectivity index (χ0v) is 23.1. The number of nitriles is 2. The van der Waals surface area contributed by atoms with Crippen molar-refractivity contribution >= 4 is 0 Å². The number of hydrogen-bond donors (Lipinski definition) is 0. The maximum absolute atomic E-state index is 10.2. The minimum atomic E-state index is 0.351. The van der Waals surface area contributed by atoms with Crippen LogP contribution in [0.3, 0.4) is 0 Å². The lowest BCUT2D eigenvalue weighted by Crippen LogP contribution is -2.44. The van der Waals surface area contributed by atoms with Gasteiger partial charge in [0.15, 0.2) is 0 Å². The minimum Gasteiger partial charge on any atom is -0.192 e. The van der Waals surface area contributed by atoms with E-state index in [1.165, 1.54) is 89.0 Å². The molecule has 0 aromatic heterocycles. The van der Waals surface area contributed by atoms with Gasteiger partial charge >= 0.3 is 0 Å². The molecule has 4 aliphatic carbocycles. The topological polar surface area (TPSA) is 47.6 Å². The van der Waals surface area contributed by atoms with Gasteiger partial charge in [0, 0.05) is 5.56 Å². The molecule has 0 heterocycles. The Kier molecular flexibility index (Phi) is 7.77. The van der Waals surface area contributed by atoms with Gasteiger partial charge < -0.3 is 0 Å². The van der Waals surface area contributed by atoms with Gasteiger partial charge in [0.05, 0.1) is 11.1 Å². The number of hydrogen-bond acceptors (Lipinski definition) is 2. The largest absolute Gasteiger partial charge is 0.192 e. The summed E-state index contributed by atoms with van der Waals surface area (Å²) >= 11 is 0. The first-order chi connectivity index (χ1) is 18.1. The fourth-order valence-electron chi connectivity index (χ4n) is 8.30. The first kappa shape index (κ1) is 26.0. The second-order valence-electron chi connectivity index (χ2n) is 12.6. The average molecular weight is 493 g/mol. The highest BCUT2D eigenvalue weighted by Crippen LogP contribution is 2.59. The molecule has 2 heteroatoms. The van der Waals surface area contributed by atoms with Crippen LogP contribution in [-0.2, 0) is 5.41 Å². The molecule has 4 saturated carbocycles. The van der Waals surface area contributed by atoms with Crippen LogP contribution in [-0.4, -0.2) is 0 Å². The second kappa shape index (κ2) is 11.0. The molecule has 0 unspecified atom stereocenters. The second-order valence-corrected chi connectivity index (χ2v) is 12.6. The standard InChI is InChI=1S/C35H44N2/c1-3-5-6-26-7-9-27(10-8-26)30-15-16-31(33(25-37)32(30)24-36)28-11-13-29(14-12-28)35-21-18-34(17-4-2,19-22-35)20-23-35/h11-16,26-27H,3-10,17-23H2,1-2H3/t26-,27-,34?,35?. The van der Waals surface area contributed by atoms with Crippen molar-refractivity contribution < 1.29 is 0 Å². The molecule has 0 radical (unpaired) electrons. The zero-order chi connectivity index (χ0) is 25.9. The predicted octanol–water partition coefficient (Wildman–Crippen LogP) is 9.95. The summed E-state index contributed by atoms with van der Waals surface area (Å²) in [4.78, 5) is 0. The Bertz CT molecular complexity index is 1140. The van der Waals surface area contributed by atoms with Gasteiger partial charge in [0.1, 0.15) is 12.1 Å².